The molecule has 2 aliphatic rings. The number of likely N-dealkylation sites (N-methyl/N-ethyl adjacent to an activating group) is 1. The van der Waals surface area contributed by atoms with Crippen molar-refractivity contribution in [2.75, 3.05) is 70.5 Å². The van der Waals surface area contributed by atoms with Gasteiger partial charge in [-0.25, -0.2) is 0 Å². The van der Waals surface area contributed by atoms with Gasteiger partial charge in [0.05, 0.1) is 19.8 Å². The molecule has 0 saturated carbocycles. The van der Waals surface area contributed by atoms with Crippen LogP contribution in [0.15, 0.2) is 46.6 Å². The van der Waals surface area contributed by atoms with E-state index in [0.29, 0.717) is 30.9 Å². The summed E-state index contributed by atoms with van der Waals surface area (Å²) in [7, 11) is 0. The Bertz CT molecular complexity index is 947. The molecule has 2 fully saturated rings. The van der Waals surface area contributed by atoms with Crippen molar-refractivity contribution in [1.29, 1.82) is 0 Å². The third-order valence-corrected chi connectivity index (χ3v) is 6.57. The summed E-state index contributed by atoms with van der Waals surface area (Å²) in [6.07, 6.45) is 0. The van der Waals surface area contributed by atoms with Crippen molar-refractivity contribution < 1.29 is 9.47 Å². The lowest BCUT2D eigenvalue weighted by atomic mass is 10.1. The molecule has 0 N–H and O–H groups in total. The quantitative estimate of drug-likeness (QED) is 0.522. The highest BCUT2D eigenvalue weighted by molar-refractivity contribution is 5.55. The number of ether oxygens (including phenoxy) is 2. The second-order valence-corrected chi connectivity index (χ2v) is 9.14. The molecule has 8 heteroatoms. The first kappa shape index (κ1) is 24.6. The first-order valence-electron chi connectivity index (χ1n) is 12.5. The second kappa shape index (κ2) is 12.2. The number of piperazine rings is 1. The highest BCUT2D eigenvalue weighted by Gasteiger charge is 2.22. The highest BCUT2D eigenvalue weighted by Crippen LogP contribution is 2.26. The smallest absolute Gasteiger partial charge is 0.217 e. The summed E-state index contributed by atoms with van der Waals surface area (Å²) in [6.45, 7) is 16.2. The molecule has 0 spiro atoms. The minimum absolute atomic E-state index is 0.531. The van der Waals surface area contributed by atoms with Gasteiger partial charge in [-0.05, 0) is 26.0 Å². The van der Waals surface area contributed by atoms with Gasteiger partial charge in [0.15, 0.2) is 5.82 Å². The maximum atomic E-state index is 6.12. The van der Waals surface area contributed by atoms with Crippen molar-refractivity contribution in [3.8, 4) is 5.88 Å². The van der Waals surface area contributed by atoms with Crippen LogP contribution in [-0.4, -0.2) is 86.5 Å². The number of anilines is 1. The number of hydrogen-bond acceptors (Lipinski definition) is 8. The lowest BCUT2D eigenvalue weighted by molar-refractivity contribution is 0.0776. The molecule has 34 heavy (non-hydrogen) atoms. The van der Waals surface area contributed by atoms with Crippen LogP contribution in [0.5, 0.6) is 5.88 Å². The Morgan fingerprint density at radius 1 is 1.12 bits per heavy atom. The van der Waals surface area contributed by atoms with Gasteiger partial charge in [0.2, 0.25) is 5.88 Å². The molecule has 4 rings (SSSR count). The highest BCUT2D eigenvalue weighted by atomic mass is 16.5. The molecular weight excluding hydrogens is 428 g/mol. The summed E-state index contributed by atoms with van der Waals surface area (Å²) >= 11 is 0. The number of pyridine rings is 1. The molecule has 2 aliphatic heterocycles. The Labute approximate surface area is 203 Å². The fourth-order valence-electron chi connectivity index (χ4n) is 4.63. The fraction of sp³-hybridized carbons (Fsp3) is 0.577. The normalized spacial score (nSPS) is 20.2. The molecule has 0 aliphatic carbocycles. The standard InChI is InChI=1S/C26H38N6O2/c1-4-31-9-8-30(20-22(31)3)10-15-34-26-18-24(32-11-13-33-14-12-32)17-25(28-26)29-27-19-23-7-5-6-21(2)16-23/h5-7,16-18,22H,4,8-15,19-20H2,1-3H3/t22-/m0/s1. The number of aromatic nitrogens is 1. The minimum atomic E-state index is 0.531. The van der Waals surface area contributed by atoms with E-state index in [4.69, 9.17) is 9.47 Å². The van der Waals surface area contributed by atoms with Gasteiger partial charge in [-0.15, -0.1) is 5.11 Å². The molecule has 0 amide bonds. The number of azo groups is 1. The van der Waals surface area contributed by atoms with E-state index in [1.165, 1.54) is 5.56 Å². The molecule has 0 radical (unpaired) electrons. The number of nitrogens with zero attached hydrogens (tertiary/aromatic N) is 6. The SMILES string of the molecule is CCN1CCN(CCOc2cc(N3CCOCC3)cc(N=NCc3cccc(C)c3)n2)C[C@@H]1C. The van der Waals surface area contributed by atoms with Gasteiger partial charge in [0, 0.05) is 63.1 Å². The maximum Gasteiger partial charge on any atom is 0.217 e. The van der Waals surface area contributed by atoms with Crippen molar-refractivity contribution in [2.24, 2.45) is 10.2 Å². The molecule has 8 nitrogen and oxygen atoms in total. The number of aryl methyl sites for hydroxylation is 1. The van der Waals surface area contributed by atoms with Gasteiger partial charge < -0.3 is 14.4 Å². The Balaban J connectivity index is 1.40. The van der Waals surface area contributed by atoms with Crippen LogP contribution < -0.4 is 9.64 Å². The summed E-state index contributed by atoms with van der Waals surface area (Å²) in [6, 6.07) is 12.9. The first-order valence-corrected chi connectivity index (χ1v) is 12.5. The molecule has 1 aromatic carbocycles. The van der Waals surface area contributed by atoms with Crippen LogP contribution in [0.2, 0.25) is 0 Å². The van der Waals surface area contributed by atoms with E-state index >= 15 is 0 Å². The Morgan fingerprint density at radius 2 is 1.97 bits per heavy atom. The van der Waals surface area contributed by atoms with E-state index < -0.39 is 0 Å². The zero-order chi connectivity index (χ0) is 23.8. The zero-order valence-electron chi connectivity index (χ0n) is 20.8. The zero-order valence-corrected chi connectivity index (χ0v) is 20.8. The second-order valence-electron chi connectivity index (χ2n) is 9.14. The topological polar surface area (TPSA) is 65.8 Å². The molecule has 2 aromatic rings. The van der Waals surface area contributed by atoms with Crippen molar-refractivity contribution in [2.45, 2.75) is 33.4 Å². The van der Waals surface area contributed by atoms with E-state index in [2.05, 4.69) is 68.9 Å². The average Bonchev–Trinajstić information content (AvgIpc) is 2.85. The molecule has 1 aromatic heterocycles. The van der Waals surface area contributed by atoms with Gasteiger partial charge in [0.25, 0.3) is 0 Å². The number of benzene rings is 1. The monoisotopic (exact) mass is 466 g/mol. The largest absolute Gasteiger partial charge is 0.476 e. The Kier molecular flexibility index (Phi) is 8.85. The summed E-state index contributed by atoms with van der Waals surface area (Å²) < 4.78 is 11.6. The van der Waals surface area contributed by atoms with Crippen molar-refractivity contribution in [1.82, 2.24) is 14.8 Å². The van der Waals surface area contributed by atoms with E-state index in [1.807, 2.05) is 18.2 Å². The van der Waals surface area contributed by atoms with Crippen molar-refractivity contribution in [3.63, 3.8) is 0 Å². The third kappa shape index (κ3) is 6.98. The van der Waals surface area contributed by atoms with Crippen LogP contribution >= 0.6 is 0 Å². The van der Waals surface area contributed by atoms with E-state index in [-0.39, 0.29) is 0 Å². The fourth-order valence-corrected chi connectivity index (χ4v) is 4.63. The predicted octanol–water partition coefficient (Wildman–Crippen LogP) is 3.92. The van der Waals surface area contributed by atoms with Crippen LogP contribution in [0.4, 0.5) is 11.5 Å². The van der Waals surface area contributed by atoms with Gasteiger partial charge in [-0.1, -0.05) is 36.8 Å². The molecule has 2 saturated heterocycles. The van der Waals surface area contributed by atoms with E-state index in [1.54, 1.807) is 0 Å². The number of rotatable bonds is 9. The van der Waals surface area contributed by atoms with Gasteiger partial charge >= 0.3 is 0 Å². The third-order valence-electron chi connectivity index (χ3n) is 6.57. The maximum absolute atomic E-state index is 6.12. The van der Waals surface area contributed by atoms with Crippen LogP contribution in [0.1, 0.15) is 25.0 Å². The van der Waals surface area contributed by atoms with Crippen LogP contribution in [0.25, 0.3) is 0 Å². The molecule has 0 bridgehead atoms. The average molecular weight is 467 g/mol. The summed E-state index contributed by atoms with van der Waals surface area (Å²) in [5.41, 5.74) is 3.42. The van der Waals surface area contributed by atoms with Crippen LogP contribution in [-0.2, 0) is 11.3 Å². The molecule has 184 valence electrons. The van der Waals surface area contributed by atoms with Crippen LogP contribution in [0, 0.1) is 6.92 Å². The predicted molar refractivity (Wildman–Crippen MR) is 135 cm³/mol. The van der Waals surface area contributed by atoms with E-state index in [0.717, 1.165) is 70.3 Å². The number of morpholine rings is 1. The molecule has 3 heterocycles. The van der Waals surface area contributed by atoms with Crippen molar-refractivity contribution >= 4 is 11.5 Å². The summed E-state index contributed by atoms with van der Waals surface area (Å²) in [5.74, 6) is 1.19. The summed E-state index contributed by atoms with van der Waals surface area (Å²) in [4.78, 5) is 11.9. The Hall–Kier alpha value is -2.55. The summed E-state index contributed by atoms with van der Waals surface area (Å²) in [5, 5.41) is 8.84. The molecule has 1 atom stereocenters. The van der Waals surface area contributed by atoms with E-state index in [9.17, 15) is 0 Å². The first-order chi connectivity index (χ1) is 16.6. The van der Waals surface area contributed by atoms with Gasteiger partial charge in [0.1, 0.15) is 6.61 Å². The van der Waals surface area contributed by atoms with Crippen molar-refractivity contribution in [3.05, 3.63) is 47.5 Å². The number of hydrogen-bond donors (Lipinski definition) is 0. The van der Waals surface area contributed by atoms with Gasteiger partial charge in [-0.2, -0.15) is 10.1 Å². The minimum Gasteiger partial charge on any atom is -0.476 e. The van der Waals surface area contributed by atoms with Gasteiger partial charge in [-0.3, -0.25) is 9.80 Å². The molecular formula is C26H38N6O2. The van der Waals surface area contributed by atoms with Crippen LogP contribution in [0.3, 0.4) is 0 Å². The Morgan fingerprint density at radius 3 is 2.74 bits per heavy atom. The lowest BCUT2D eigenvalue weighted by Crippen LogP contribution is -2.52. The lowest BCUT2D eigenvalue weighted by Gasteiger charge is -2.39. The molecule has 0 unspecified atom stereocenters.